The van der Waals surface area contributed by atoms with Crippen LogP contribution in [0.5, 0.6) is 0 Å². The van der Waals surface area contributed by atoms with Gasteiger partial charge in [-0.2, -0.15) is 9.89 Å². The molecule has 0 bridgehead atoms. The Balaban J connectivity index is 0.868. The molecule has 8 aromatic heterocycles. The van der Waals surface area contributed by atoms with Crippen molar-refractivity contribution in [3.8, 4) is 45.0 Å². The highest BCUT2D eigenvalue weighted by Crippen LogP contribution is 2.38. The number of fused-ring (bicyclic) bond motifs is 4. The van der Waals surface area contributed by atoms with Crippen LogP contribution in [-0.2, 0) is 12.8 Å². The van der Waals surface area contributed by atoms with Gasteiger partial charge in [-0.3, -0.25) is 35.0 Å². The Hall–Kier alpha value is -9.15. The summed E-state index contributed by atoms with van der Waals surface area (Å²) in [6.45, 7) is 7.91. The minimum Gasteiger partial charge on any atom is -0.376 e. The number of aryl methyl sites for hydroxylation is 2. The van der Waals surface area contributed by atoms with Crippen LogP contribution in [0.3, 0.4) is 0 Å². The van der Waals surface area contributed by atoms with Crippen LogP contribution < -0.4 is 5.01 Å². The van der Waals surface area contributed by atoms with E-state index in [1.54, 1.807) is 55.1 Å². The number of aromatic nitrogens is 10. The van der Waals surface area contributed by atoms with Gasteiger partial charge in [-0.15, -0.1) is 5.10 Å². The fourth-order valence-electron chi connectivity index (χ4n) is 10.3. The lowest BCUT2D eigenvalue weighted by atomic mass is 9.99. The number of aliphatic imine (C=N–C) groups is 1. The number of hydrogen-bond acceptors (Lipinski definition) is 10. The van der Waals surface area contributed by atoms with E-state index in [0.29, 0.717) is 25.9 Å². The number of pyridine rings is 4. The molecule has 0 saturated heterocycles. The van der Waals surface area contributed by atoms with Gasteiger partial charge in [0.2, 0.25) is 0 Å². The second-order valence-electron chi connectivity index (χ2n) is 20.2. The zero-order chi connectivity index (χ0) is 54.0. The number of benzene rings is 2. The molecule has 0 unspecified atom stereocenters. The molecular formula is C62H60F2N14. The zero-order valence-electron chi connectivity index (χ0n) is 44.6. The van der Waals surface area contributed by atoms with Crippen molar-refractivity contribution in [2.24, 2.45) is 4.99 Å². The molecular weight excluding hydrogens is 979 g/mol. The number of hydrogen-bond donors (Lipinski definition) is 3. The number of H-pyrrole nitrogens is 3. The van der Waals surface area contributed by atoms with Crippen LogP contribution in [0.25, 0.3) is 99.8 Å². The van der Waals surface area contributed by atoms with Crippen molar-refractivity contribution in [1.82, 2.24) is 59.8 Å². The molecule has 1 aliphatic rings. The standard InChI is InChI=1S/C62H60F2N14/c1-8-10-15-40(9-2)53-30-50-60(37-69-53)78(74-62(50)56-28-48-52(33-67-35-58(48)71-56)42-20-38(22-44(63)24-42)13-11-18-75(3)4)77(7)19-12-14-39-21-43(25-45(64)23-39)51-32-66-34-57-47(51)27-55(70-57)61-49-29-54(68-36-59(49)72-73-61)41-16-17-65-31-46(26-41)76(5)6/h8-10,15-16,20-37,70-71H,1,11-14,17-19H2,2-7H3,(H,72,73)/b15-10-,40-9+. The van der Waals surface area contributed by atoms with Gasteiger partial charge in [0.05, 0.1) is 76.4 Å². The van der Waals surface area contributed by atoms with Gasteiger partial charge in [0, 0.05) is 84.5 Å². The van der Waals surface area contributed by atoms with Crippen LogP contribution in [0.1, 0.15) is 42.3 Å². The molecule has 3 N–H and O–H groups in total. The second kappa shape index (κ2) is 21.8. The molecule has 0 atom stereocenters. The first-order chi connectivity index (χ1) is 37.9. The van der Waals surface area contributed by atoms with Crippen molar-refractivity contribution in [1.29, 1.82) is 0 Å². The van der Waals surface area contributed by atoms with Crippen LogP contribution in [-0.4, -0.2) is 121 Å². The van der Waals surface area contributed by atoms with Crippen molar-refractivity contribution >= 4 is 61.0 Å². The lowest BCUT2D eigenvalue weighted by Crippen LogP contribution is -2.32. The molecule has 14 nitrogen and oxygen atoms in total. The Morgan fingerprint density at radius 1 is 0.705 bits per heavy atom. The van der Waals surface area contributed by atoms with Crippen LogP contribution in [0, 0.1) is 11.6 Å². The fraction of sp³-hybridized carbons (Fsp3) is 0.210. The quantitative estimate of drug-likeness (QED) is 0.0713. The monoisotopic (exact) mass is 1040 g/mol. The average molecular weight is 1040 g/mol. The summed E-state index contributed by atoms with van der Waals surface area (Å²) in [5.41, 5.74) is 15.7. The van der Waals surface area contributed by atoms with E-state index < -0.39 is 0 Å². The third-order valence-corrected chi connectivity index (χ3v) is 14.2. The lowest BCUT2D eigenvalue weighted by molar-refractivity contribution is 0.400. The number of nitrogens with one attached hydrogen (secondary N) is 3. The van der Waals surface area contributed by atoms with Gasteiger partial charge in [0.25, 0.3) is 0 Å². The molecule has 11 rings (SSSR count). The molecule has 9 heterocycles. The predicted octanol–water partition coefficient (Wildman–Crippen LogP) is 12.2. The van der Waals surface area contributed by atoms with E-state index >= 15 is 8.78 Å². The summed E-state index contributed by atoms with van der Waals surface area (Å²) in [6, 6.07) is 18.7. The normalized spacial score (nSPS) is 13.2. The molecule has 0 spiro atoms. The summed E-state index contributed by atoms with van der Waals surface area (Å²) in [6.07, 6.45) is 27.5. The first-order valence-electron chi connectivity index (χ1n) is 26.1. The van der Waals surface area contributed by atoms with Crippen LogP contribution in [0.15, 0.2) is 152 Å². The number of aromatic amines is 3. The largest absolute Gasteiger partial charge is 0.376 e. The first kappa shape index (κ1) is 51.0. The molecule has 16 heteroatoms. The van der Waals surface area contributed by atoms with Gasteiger partial charge in [-0.05, 0) is 136 Å². The van der Waals surface area contributed by atoms with E-state index in [-0.39, 0.29) is 11.6 Å². The number of nitrogens with zero attached hydrogens (tertiary/aromatic N) is 11. The summed E-state index contributed by atoms with van der Waals surface area (Å²) < 4.78 is 31.0. The van der Waals surface area contributed by atoms with Crippen LogP contribution >= 0.6 is 0 Å². The first-order valence-corrected chi connectivity index (χ1v) is 26.1. The molecule has 1 aliphatic heterocycles. The molecule has 78 heavy (non-hydrogen) atoms. The summed E-state index contributed by atoms with van der Waals surface area (Å²) >= 11 is 0. The number of halogens is 2. The van der Waals surface area contributed by atoms with E-state index in [2.05, 4.69) is 95.1 Å². The number of rotatable bonds is 18. The molecule has 392 valence electrons. The molecule has 0 saturated carbocycles. The van der Waals surface area contributed by atoms with Gasteiger partial charge in [-0.25, -0.2) is 8.78 Å². The van der Waals surface area contributed by atoms with Gasteiger partial charge in [-0.1, -0.05) is 49.1 Å². The Morgan fingerprint density at radius 2 is 1.37 bits per heavy atom. The highest BCUT2D eigenvalue weighted by atomic mass is 19.1. The molecule has 0 fully saturated rings. The maximum atomic E-state index is 15.7. The third-order valence-electron chi connectivity index (χ3n) is 14.2. The SMILES string of the molecule is C=C/C=C\C(=C/C)c1cc2c(-c3cc4c(-c5cc(F)cc(CCCN(C)C)c5)cncc4[nH]3)nn(N(C)CCCc3cc(F)cc(-c4cncc5[nH]c(-c6n[nH]c7cnc(C8=CCN=CC(N(C)C)=C8)cc67)cc45)c3)c2cn1. The Morgan fingerprint density at radius 3 is 2.01 bits per heavy atom. The molecule has 0 aliphatic carbocycles. The van der Waals surface area contributed by atoms with E-state index in [1.807, 2.05) is 88.7 Å². The van der Waals surface area contributed by atoms with Crippen LogP contribution in [0.4, 0.5) is 8.78 Å². The Labute approximate surface area is 451 Å². The van der Waals surface area contributed by atoms with Crippen molar-refractivity contribution in [3.05, 3.63) is 181 Å². The Kier molecular flexibility index (Phi) is 14.3. The molecule has 0 amide bonds. The van der Waals surface area contributed by atoms with Gasteiger partial charge in [0.1, 0.15) is 28.5 Å². The molecule has 10 aromatic rings. The van der Waals surface area contributed by atoms with Crippen LogP contribution in [0.2, 0.25) is 0 Å². The second-order valence-corrected chi connectivity index (χ2v) is 20.2. The van der Waals surface area contributed by atoms with E-state index in [1.165, 1.54) is 0 Å². The third kappa shape index (κ3) is 10.4. The maximum Gasteiger partial charge on any atom is 0.124 e. The van der Waals surface area contributed by atoms with Crippen molar-refractivity contribution < 1.29 is 8.78 Å². The van der Waals surface area contributed by atoms with Gasteiger partial charge >= 0.3 is 0 Å². The average Bonchev–Trinajstić information content (AvgIpc) is 4.23. The van der Waals surface area contributed by atoms with Gasteiger partial charge < -0.3 is 19.8 Å². The summed E-state index contributed by atoms with van der Waals surface area (Å²) in [5.74, 6) is -0.601. The van der Waals surface area contributed by atoms with E-state index in [9.17, 15) is 0 Å². The highest BCUT2D eigenvalue weighted by Gasteiger charge is 2.22. The lowest BCUT2D eigenvalue weighted by Gasteiger charge is -2.20. The molecule has 0 radical (unpaired) electrons. The smallest absolute Gasteiger partial charge is 0.124 e. The van der Waals surface area contributed by atoms with E-state index in [4.69, 9.17) is 20.2 Å². The van der Waals surface area contributed by atoms with Crippen molar-refractivity contribution in [3.63, 3.8) is 0 Å². The minimum absolute atomic E-state index is 0.276. The van der Waals surface area contributed by atoms with Crippen molar-refractivity contribution in [2.45, 2.75) is 32.6 Å². The summed E-state index contributed by atoms with van der Waals surface area (Å²) in [5, 5.41) is 18.8. The fourth-order valence-corrected chi connectivity index (χ4v) is 10.3. The minimum atomic E-state index is -0.325. The summed E-state index contributed by atoms with van der Waals surface area (Å²) in [4.78, 5) is 36.6. The van der Waals surface area contributed by atoms with E-state index in [0.717, 1.165) is 147 Å². The maximum absolute atomic E-state index is 15.7. The number of allylic oxidation sites excluding steroid dienone is 8. The van der Waals surface area contributed by atoms with Crippen molar-refractivity contribution in [2.75, 3.05) is 59.9 Å². The predicted molar refractivity (Wildman–Crippen MR) is 313 cm³/mol. The molecule has 2 aromatic carbocycles. The topological polar surface area (TPSA) is 152 Å². The zero-order valence-corrected chi connectivity index (χ0v) is 44.6. The van der Waals surface area contributed by atoms with Gasteiger partial charge in [0.15, 0.2) is 0 Å². The Bertz CT molecular complexity index is 4070. The summed E-state index contributed by atoms with van der Waals surface area (Å²) in [7, 11) is 10.1. The highest BCUT2D eigenvalue weighted by molar-refractivity contribution is 6.03.